The number of para-hydroxylation sites is 1. The highest BCUT2D eigenvalue weighted by atomic mass is 35.5. The summed E-state index contributed by atoms with van der Waals surface area (Å²) in [5.41, 5.74) is 3.21. The predicted octanol–water partition coefficient (Wildman–Crippen LogP) is 4.88. The summed E-state index contributed by atoms with van der Waals surface area (Å²) in [7, 11) is -2.81. The molecule has 0 radical (unpaired) electrons. The van der Waals surface area contributed by atoms with Crippen LogP contribution in [0.5, 0.6) is 0 Å². The van der Waals surface area contributed by atoms with Crippen molar-refractivity contribution in [2.45, 2.75) is 32.2 Å². The molecule has 0 saturated carbocycles. The molecule has 0 aliphatic heterocycles. The Morgan fingerprint density at radius 3 is 2.17 bits per heavy atom. The van der Waals surface area contributed by atoms with Gasteiger partial charge in [0.2, 0.25) is 15.9 Å². The number of anilines is 1. The summed E-state index contributed by atoms with van der Waals surface area (Å²) in [6.45, 7) is 4.86. The zero-order valence-electron chi connectivity index (χ0n) is 20.0. The van der Waals surface area contributed by atoms with Gasteiger partial charge in [-0.15, -0.1) is 0 Å². The Labute approximate surface area is 210 Å². The molecule has 0 spiro atoms. The molecule has 0 unspecified atom stereocenters. The molecule has 1 amide bonds. The molecule has 0 atom stereocenters. The molecule has 3 aromatic carbocycles. The zero-order valence-corrected chi connectivity index (χ0v) is 21.5. The third-order valence-electron chi connectivity index (χ3n) is 5.40. The number of nitrogens with one attached hydrogen (secondary N) is 1. The average molecular weight is 515 g/mol. The van der Waals surface area contributed by atoms with E-state index in [4.69, 9.17) is 16.3 Å². The van der Waals surface area contributed by atoms with Gasteiger partial charge in [-0.1, -0.05) is 53.6 Å². The van der Waals surface area contributed by atoms with E-state index in [1.165, 1.54) is 13.2 Å². The lowest BCUT2D eigenvalue weighted by Gasteiger charge is -2.24. The van der Waals surface area contributed by atoms with Gasteiger partial charge in [-0.25, -0.2) is 13.2 Å². The van der Waals surface area contributed by atoms with Crippen LogP contribution in [0.1, 0.15) is 32.6 Å². The first-order valence-corrected chi connectivity index (χ1v) is 12.6. The molecule has 35 heavy (non-hydrogen) atoms. The number of esters is 1. The molecule has 0 fully saturated rings. The third-order valence-corrected chi connectivity index (χ3v) is 7.75. The lowest BCUT2D eigenvalue weighted by molar-refractivity contribution is -0.116. The smallest absolute Gasteiger partial charge is 0.339 e. The molecule has 3 rings (SSSR count). The highest BCUT2D eigenvalue weighted by Gasteiger charge is 2.30. The average Bonchev–Trinajstić information content (AvgIpc) is 2.79. The van der Waals surface area contributed by atoms with Gasteiger partial charge in [-0.3, -0.25) is 4.79 Å². The van der Waals surface area contributed by atoms with Crippen LogP contribution in [0.15, 0.2) is 65.6 Å². The lowest BCUT2D eigenvalue weighted by atomic mass is 10.1. The minimum Gasteiger partial charge on any atom is -0.465 e. The first kappa shape index (κ1) is 26.4. The number of carbonyl (C=O) groups is 2. The van der Waals surface area contributed by atoms with E-state index in [9.17, 15) is 18.0 Å². The van der Waals surface area contributed by atoms with Crippen molar-refractivity contribution in [3.63, 3.8) is 0 Å². The van der Waals surface area contributed by atoms with Gasteiger partial charge in [0.05, 0.1) is 29.8 Å². The number of hydrogen-bond donors (Lipinski definition) is 1. The molecule has 7 nitrogen and oxygen atoms in total. The normalized spacial score (nSPS) is 11.4. The van der Waals surface area contributed by atoms with Crippen molar-refractivity contribution in [3.05, 3.63) is 93.5 Å². The zero-order chi connectivity index (χ0) is 25.8. The molecule has 184 valence electrons. The van der Waals surface area contributed by atoms with E-state index in [0.29, 0.717) is 21.7 Å². The second-order valence-corrected chi connectivity index (χ2v) is 10.5. The Morgan fingerprint density at radius 2 is 1.57 bits per heavy atom. The number of hydrogen-bond acceptors (Lipinski definition) is 5. The first-order valence-electron chi connectivity index (χ1n) is 10.8. The quantitative estimate of drug-likeness (QED) is 0.432. The number of amides is 1. The Morgan fingerprint density at radius 1 is 0.971 bits per heavy atom. The molecule has 0 saturated heterocycles. The maximum atomic E-state index is 13.8. The first-order chi connectivity index (χ1) is 16.5. The molecular weight excluding hydrogens is 488 g/mol. The summed E-state index contributed by atoms with van der Waals surface area (Å²) in [5, 5.41) is 3.17. The summed E-state index contributed by atoms with van der Waals surface area (Å²) in [6.07, 6.45) is 0. The largest absolute Gasteiger partial charge is 0.465 e. The minimum absolute atomic E-state index is 0.0433. The van der Waals surface area contributed by atoms with Crippen molar-refractivity contribution < 1.29 is 22.7 Å². The monoisotopic (exact) mass is 514 g/mol. The van der Waals surface area contributed by atoms with Gasteiger partial charge in [-0.05, 0) is 61.7 Å². The van der Waals surface area contributed by atoms with Crippen molar-refractivity contribution in [3.8, 4) is 0 Å². The highest BCUT2D eigenvalue weighted by Crippen LogP contribution is 2.27. The van der Waals surface area contributed by atoms with Crippen molar-refractivity contribution in [1.82, 2.24) is 4.31 Å². The number of methoxy groups -OCH3 is 1. The number of aryl methyl sites for hydroxylation is 3. The topological polar surface area (TPSA) is 92.8 Å². The minimum atomic E-state index is -4.06. The van der Waals surface area contributed by atoms with Gasteiger partial charge in [0, 0.05) is 11.6 Å². The van der Waals surface area contributed by atoms with Crippen LogP contribution in [0, 0.1) is 20.8 Å². The highest BCUT2D eigenvalue weighted by molar-refractivity contribution is 7.89. The van der Waals surface area contributed by atoms with Crippen molar-refractivity contribution in [2.24, 2.45) is 0 Å². The van der Waals surface area contributed by atoms with Crippen LogP contribution in [0.4, 0.5) is 5.69 Å². The second kappa shape index (κ2) is 11.0. The number of carbonyl (C=O) groups excluding carboxylic acids is 2. The summed E-state index contributed by atoms with van der Waals surface area (Å²) >= 11 is 5.98. The van der Waals surface area contributed by atoms with Gasteiger partial charge < -0.3 is 10.1 Å². The fraction of sp³-hybridized carbons (Fsp3) is 0.231. The number of nitrogens with zero attached hydrogens (tertiary/aromatic N) is 1. The number of halogens is 1. The number of ether oxygens (including phenoxy) is 1. The summed E-state index contributed by atoms with van der Waals surface area (Å²) in [4.78, 5) is 25.3. The van der Waals surface area contributed by atoms with Crippen molar-refractivity contribution in [1.29, 1.82) is 0 Å². The second-order valence-electron chi connectivity index (χ2n) is 8.21. The van der Waals surface area contributed by atoms with E-state index in [-0.39, 0.29) is 22.7 Å². The van der Waals surface area contributed by atoms with Crippen LogP contribution in [0.25, 0.3) is 0 Å². The van der Waals surface area contributed by atoms with E-state index < -0.39 is 28.4 Å². The Bertz CT molecular complexity index is 1330. The van der Waals surface area contributed by atoms with E-state index in [1.54, 1.807) is 68.4 Å². The fourth-order valence-electron chi connectivity index (χ4n) is 3.95. The summed E-state index contributed by atoms with van der Waals surface area (Å²) < 4.78 is 33.5. The van der Waals surface area contributed by atoms with Crippen LogP contribution in [-0.2, 0) is 26.1 Å². The van der Waals surface area contributed by atoms with E-state index in [2.05, 4.69) is 5.32 Å². The van der Waals surface area contributed by atoms with Crippen LogP contribution < -0.4 is 5.32 Å². The molecule has 9 heteroatoms. The summed E-state index contributed by atoms with van der Waals surface area (Å²) in [5.74, 6) is -1.21. The maximum absolute atomic E-state index is 13.8. The van der Waals surface area contributed by atoms with Crippen molar-refractivity contribution in [2.75, 3.05) is 19.0 Å². The molecule has 1 N–H and O–H groups in total. The van der Waals surface area contributed by atoms with Gasteiger partial charge in [0.15, 0.2) is 0 Å². The number of benzene rings is 3. The predicted molar refractivity (Wildman–Crippen MR) is 136 cm³/mol. The number of rotatable bonds is 8. The van der Waals surface area contributed by atoms with Gasteiger partial charge in [0.25, 0.3) is 0 Å². The maximum Gasteiger partial charge on any atom is 0.339 e. The molecule has 0 aliphatic carbocycles. The van der Waals surface area contributed by atoms with E-state index in [0.717, 1.165) is 9.87 Å². The Hall–Kier alpha value is -3.20. The molecule has 3 aromatic rings. The molecular formula is C26H27ClN2O5S. The van der Waals surface area contributed by atoms with E-state index >= 15 is 0 Å². The van der Waals surface area contributed by atoms with Gasteiger partial charge >= 0.3 is 5.97 Å². The van der Waals surface area contributed by atoms with Crippen LogP contribution in [-0.4, -0.2) is 38.3 Å². The third kappa shape index (κ3) is 6.28. The Balaban J connectivity index is 1.98. The fourth-order valence-corrected chi connectivity index (χ4v) is 5.87. The lowest BCUT2D eigenvalue weighted by Crippen LogP contribution is -2.38. The molecule has 0 aliphatic rings. The standard InChI is InChI=1S/C26H27ClN2O5S/c1-17-13-18(2)25(19(3)14-17)35(32,33)29(15-20-9-11-21(27)12-10-20)16-24(30)28-23-8-6-5-7-22(23)26(31)34-4/h5-14H,15-16H2,1-4H3,(H,28,30). The molecule has 0 aromatic heterocycles. The van der Waals surface area contributed by atoms with Crippen molar-refractivity contribution >= 4 is 39.2 Å². The van der Waals surface area contributed by atoms with E-state index in [1.807, 2.05) is 6.92 Å². The van der Waals surface area contributed by atoms with Crippen LogP contribution in [0.3, 0.4) is 0 Å². The Kier molecular flexibility index (Phi) is 8.32. The van der Waals surface area contributed by atoms with Crippen LogP contribution in [0.2, 0.25) is 5.02 Å². The van der Waals surface area contributed by atoms with Gasteiger partial charge in [-0.2, -0.15) is 4.31 Å². The summed E-state index contributed by atoms with van der Waals surface area (Å²) in [6, 6.07) is 16.7. The molecule has 0 heterocycles. The van der Waals surface area contributed by atoms with Gasteiger partial charge in [0.1, 0.15) is 0 Å². The number of sulfonamides is 1. The van der Waals surface area contributed by atoms with Crippen LogP contribution >= 0.6 is 11.6 Å². The SMILES string of the molecule is COC(=O)c1ccccc1NC(=O)CN(Cc1ccc(Cl)cc1)S(=O)(=O)c1c(C)cc(C)cc1C. The molecule has 0 bridgehead atoms.